The average Bonchev–Trinajstić information content (AvgIpc) is 2.17. The first-order valence-corrected chi connectivity index (χ1v) is 6.51. The fourth-order valence-corrected chi connectivity index (χ4v) is 2.68. The highest BCUT2D eigenvalue weighted by Gasteiger charge is 2.19. The van der Waals surface area contributed by atoms with Gasteiger partial charge in [0.15, 0.2) is 0 Å². The van der Waals surface area contributed by atoms with Crippen molar-refractivity contribution in [2.75, 3.05) is 7.05 Å². The summed E-state index contributed by atoms with van der Waals surface area (Å²) in [6.07, 6.45) is 9.13. The van der Waals surface area contributed by atoms with E-state index >= 15 is 0 Å². The lowest BCUT2D eigenvalue weighted by Gasteiger charge is -2.27. The SMILES string of the molecule is CN/C=C1/CCC(C(C)C)CCCC1C. The molecule has 0 aromatic heterocycles. The lowest BCUT2D eigenvalue weighted by atomic mass is 9.79. The van der Waals surface area contributed by atoms with Gasteiger partial charge >= 0.3 is 0 Å². The van der Waals surface area contributed by atoms with Crippen molar-refractivity contribution in [2.45, 2.75) is 52.9 Å². The first-order valence-electron chi connectivity index (χ1n) is 6.51. The first kappa shape index (κ1) is 12.6. The van der Waals surface area contributed by atoms with Crippen LogP contribution in [-0.2, 0) is 0 Å². The molecule has 0 radical (unpaired) electrons. The quantitative estimate of drug-likeness (QED) is 0.726. The Labute approximate surface area is 95.3 Å². The fourth-order valence-electron chi connectivity index (χ4n) is 2.68. The molecule has 0 saturated heterocycles. The summed E-state index contributed by atoms with van der Waals surface area (Å²) in [5.74, 6) is 2.58. The summed E-state index contributed by atoms with van der Waals surface area (Å²) in [6.45, 7) is 7.12. The van der Waals surface area contributed by atoms with Gasteiger partial charge in [-0.1, -0.05) is 39.2 Å². The van der Waals surface area contributed by atoms with Gasteiger partial charge in [0.1, 0.15) is 0 Å². The number of hydrogen-bond donors (Lipinski definition) is 1. The van der Waals surface area contributed by atoms with Crippen molar-refractivity contribution in [2.24, 2.45) is 17.8 Å². The van der Waals surface area contributed by atoms with Crippen molar-refractivity contribution < 1.29 is 0 Å². The molecule has 1 N–H and O–H groups in total. The van der Waals surface area contributed by atoms with Crippen LogP contribution in [0.5, 0.6) is 0 Å². The monoisotopic (exact) mass is 209 g/mol. The minimum Gasteiger partial charge on any atom is -0.394 e. The van der Waals surface area contributed by atoms with E-state index in [0.29, 0.717) is 0 Å². The van der Waals surface area contributed by atoms with Gasteiger partial charge in [-0.2, -0.15) is 0 Å². The van der Waals surface area contributed by atoms with Gasteiger partial charge in [-0.15, -0.1) is 0 Å². The summed E-state index contributed by atoms with van der Waals surface area (Å²) in [7, 11) is 2.01. The van der Waals surface area contributed by atoms with E-state index in [0.717, 1.165) is 17.8 Å². The summed E-state index contributed by atoms with van der Waals surface area (Å²) in [6, 6.07) is 0. The van der Waals surface area contributed by atoms with Crippen LogP contribution in [0.3, 0.4) is 0 Å². The molecule has 0 bridgehead atoms. The molecule has 15 heavy (non-hydrogen) atoms. The lowest BCUT2D eigenvalue weighted by Crippen LogP contribution is -2.15. The van der Waals surface area contributed by atoms with Crippen LogP contribution >= 0.6 is 0 Å². The molecule has 0 aromatic carbocycles. The van der Waals surface area contributed by atoms with Crippen molar-refractivity contribution in [1.82, 2.24) is 5.32 Å². The Kier molecular flexibility index (Phi) is 5.21. The van der Waals surface area contributed by atoms with E-state index in [-0.39, 0.29) is 0 Å². The number of hydrogen-bond acceptors (Lipinski definition) is 1. The predicted octanol–water partition coefficient (Wildman–Crippen LogP) is 3.96. The van der Waals surface area contributed by atoms with E-state index < -0.39 is 0 Å². The summed E-state index contributed by atoms with van der Waals surface area (Å²) >= 11 is 0. The highest BCUT2D eigenvalue weighted by Crippen LogP contribution is 2.32. The summed E-state index contributed by atoms with van der Waals surface area (Å²) in [5, 5.41) is 3.20. The van der Waals surface area contributed by atoms with Crippen LogP contribution in [0.2, 0.25) is 0 Å². The smallest absolute Gasteiger partial charge is 0.00276 e. The maximum atomic E-state index is 3.20. The minimum absolute atomic E-state index is 0.783. The molecule has 0 aromatic rings. The highest BCUT2D eigenvalue weighted by molar-refractivity contribution is 5.05. The maximum absolute atomic E-state index is 3.20. The summed E-state index contributed by atoms with van der Waals surface area (Å²) in [4.78, 5) is 0. The van der Waals surface area contributed by atoms with Crippen LogP contribution in [0.15, 0.2) is 11.8 Å². The largest absolute Gasteiger partial charge is 0.394 e. The normalized spacial score (nSPS) is 31.4. The molecule has 1 aliphatic carbocycles. The van der Waals surface area contributed by atoms with Gasteiger partial charge in [0.25, 0.3) is 0 Å². The van der Waals surface area contributed by atoms with Crippen molar-refractivity contribution in [1.29, 1.82) is 0 Å². The van der Waals surface area contributed by atoms with Gasteiger partial charge in [0, 0.05) is 7.05 Å². The molecule has 0 spiro atoms. The third-order valence-electron chi connectivity index (χ3n) is 3.92. The Morgan fingerprint density at radius 2 is 2.00 bits per heavy atom. The Morgan fingerprint density at radius 3 is 2.60 bits per heavy atom. The molecule has 2 atom stereocenters. The van der Waals surface area contributed by atoms with E-state index in [2.05, 4.69) is 32.3 Å². The number of nitrogens with one attached hydrogen (secondary N) is 1. The Hall–Kier alpha value is -0.460. The van der Waals surface area contributed by atoms with E-state index in [1.807, 2.05) is 7.05 Å². The standard InChI is InChI=1S/C14H27N/c1-11(2)13-7-5-6-12(3)14(9-8-13)10-15-4/h10-13,15H,5-9H2,1-4H3/b14-10-. The average molecular weight is 209 g/mol. The molecule has 1 nitrogen and oxygen atoms in total. The van der Waals surface area contributed by atoms with Gasteiger partial charge in [-0.3, -0.25) is 0 Å². The van der Waals surface area contributed by atoms with Crippen LogP contribution < -0.4 is 5.32 Å². The molecule has 0 heterocycles. The Bertz CT molecular complexity index is 205. The van der Waals surface area contributed by atoms with Crippen LogP contribution in [0.4, 0.5) is 0 Å². The zero-order valence-electron chi connectivity index (χ0n) is 10.8. The van der Waals surface area contributed by atoms with Crippen LogP contribution in [-0.4, -0.2) is 7.05 Å². The molecular formula is C14H27N. The topological polar surface area (TPSA) is 12.0 Å². The highest BCUT2D eigenvalue weighted by atomic mass is 14.8. The summed E-state index contributed by atoms with van der Waals surface area (Å²) in [5.41, 5.74) is 1.63. The number of rotatable bonds is 2. The molecule has 88 valence electrons. The van der Waals surface area contributed by atoms with Gasteiger partial charge in [-0.05, 0) is 43.2 Å². The third kappa shape index (κ3) is 3.89. The van der Waals surface area contributed by atoms with E-state index in [1.165, 1.54) is 32.1 Å². The van der Waals surface area contributed by atoms with Gasteiger partial charge in [0.2, 0.25) is 0 Å². The predicted molar refractivity (Wildman–Crippen MR) is 67.7 cm³/mol. The van der Waals surface area contributed by atoms with E-state index in [4.69, 9.17) is 0 Å². The van der Waals surface area contributed by atoms with Gasteiger partial charge in [-0.25, -0.2) is 0 Å². The van der Waals surface area contributed by atoms with Crippen LogP contribution in [0, 0.1) is 17.8 Å². The van der Waals surface area contributed by atoms with Crippen molar-refractivity contribution >= 4 is 0 Å². The zero-order valence-corrected chi connectivity index (χ0v) is 10.8. The summed E-state index contributed by atoms with van der Waals surface area (Å²) < 4.78 is 0. The van der Waals surface area contributed by atoms with Crippen LogP contribution in [0.1, 0.15) is 52.9 Å². The zero-order chi connectivity index (χ0) is 11.3. The Morgan fingerprint density at radius 1 is 1.27 bits per heavy atom. The molecule has 1 rings (SSSR count). The molecule has 0 aliphatic heterocycles. The second-order valence-electron chi connectivity index (χ2n) is 5.38. The Balaban J connectivity index is 2.58. The molecule has 2 unspecified atom stereocenters. The first-order chi connectivity index (χ1) is 7.15. The van der Waals surface area contributed by atoms with Crippen molar-refractivity contribution in [3.05, 3.63) is 11.8 Å². The lowest BCUT2D eigenvalue weighted by molar-refractivity contribution is 0.300. The van der Waals surface area contributed by atoms with E-state index in [1.54, 1.807) is 5.57 Å². The van der Waals surface area contributed by atoms with Gasteiger partial charge in [0.05, 0.1) is 0 Å². The minimum atomic E-state index is 0.783. The molecule has 0 amide bonds. The molecule has 1 aliphatic rings. The third-order valence-corrected chi connectivity index (χ3v) is 3.92. The molecule has 1 saturated carbocycles. The maximum Gasteiger partial charge on any atom is 0.00276 e. The molecule has 1 heteroatoms. The van der Waals surface area contributed by atoms with Crippen molar-refractivity contribution in [3.8, 4) is 0 Å². The molecular weight excluding hydrogens is 182 g/mol. The van der Waals surface area contributed by atoms with Crippen LogP contribution in [0.25, 0.3) is 0 Å². The molecule has 1 fully saturated rings. The number of allylic oxidation sites excluding steroid dienone is 1. The fraction of sp³-hybridized carbons (Fsp3) is 0.857. The second-order valence-corrected chi connectivity index (χ2v) is 5.38. The second kappa shape index (κ2) is 6.19. The van der Waals surface area contributed by atoms with Gasteiger partial charge < -0.3 is 5.32 Å². The van der Waals surface area contributed by atoms with E-state index in [9.17, 15) is 0 Å². The van der Waals surface area contributed by atoms with Crippen molar-refractivity contribution in [3.63, 3.8) is 0 Å².